The van der Waals surface area contributed by atoms with Gasteiger partial charge < -0.3 is 4.74 Å². The minimum atomic E-state index is -4.06. The molecule has 6 heteroatoms. The van der Waals surface area contributed by atoms with E-state index < -0.39 is 16.1 Å². The molecule has 0 unspecified atom stereocenters. The number of carbonyl (C=O) groups is 1. The lowest BCUT2D eigenvalue weighted by Crippen LogP contribution is -2.32. The Kier molecular flexibility index (Phi) is 5.88. The van der Waals surface area contributed by atoms with Gasteiger partial charge in [0.15, 0.2) is 0 Å². The second-order valence-electron chi connectivity index (χ2n) is 5.84. The van der Waals surface area contributed by atoms with Crippen LogP contribution in [0.1, 0.15) is 5.56 Å². The Morgan fingerprint density at radius 3 is 2.11 bits per heavy atom. The number of ether oxygens (including phenoxy) is 1. The first-order valence-electron chi connectivity index (χ1n) is 8.44. The van der Waals surface area contributed by atoms with Crippen LogP contribution >= 0.6 is 0 Å². The van der Waals surface area contributed by atoms with Crippen molar-refractivity contribution in [3.63, 3.8) is 0 Å². The summed E-state index contributed by atoms with van der Waals surface area (Å²) in [4.78, 5) is 12.0. The minimum Gasteiger partial charge on any atom is -0.448 e. The van der Waals surface area contributed by atoms with E-state index in [1.807, 2.05) is 65.4 Å². The summed E-state index contributed by atoms with van der Waals surface area (Å²) in [5, 5.41) is 0. The molecular weight excluding hydrogens is 362 g/mol. The van der Waals surface area contributed by atoms with Gasteiger partial charge in [-0.2, -0.15) is 0 Å². The molecule has 0 spiro atoms. The average Bonchev–Trinajstić information content (AvgIpc) is 2.69. The number of hydrogen-bond donors (Lipinski definition) is 1. The van der Waals surface area contributed by atoms with Crippen LogP contribution in [-0.2, 0) is 21.2 Å². The molecule has 0 aliphatic carbocycles. The molecular formula is C21H19NO4S. The Balaban J connectivity index is 1.69. The van der Waals surface area contributed by atoms with Gasteiger partial charge in [-0.15, -0.1) is 0 Å². The van der Waals surface area contributed by atoms with Crippen LogP contribution in [0, 0.1) is 0 Å². The normalized spacial score (nSPS) is 11.0. The molecule has 0 heterocycles. The van der Waals surface area contributed by atoms with Gasteiger partial charge >= 0.3 is 6.09 Å². The molecule has 0 aliphatic heterocycles. The quantitative estimate of drug-likeness (QED) is 0.700. The van der Waals surface area contributed by atoms with Crippen molar-refractivity contribution in [2.24, 2.45) is 0 Å². The zero-order valence-corrected chi connectivity index (χ0v) is 15.4. The van der Waals surface area contributed by atoms with Crippen LogP contribution in [0.3, 0.4) is 0 Å². The molecule has 0 fully saturated rings. The zero-order valence-electron chi connectivity index (χ0n) is 14.5. The molecule has 5 nitrogen and oxygen atoms in total. The molecule has 27 heavy (non-hydrogen) atoms. The number of amides is 1. The van der Waals surface area contributed by atoms with Gasteiger partial charge in [-0.1, -0.05) is 78.9 Å². The molecule has 0 bridgehead atoms. The van der Waals surface area contributed by atoms with E-state index in [0.29, 0.717) is 12.0 Å². The highest BCUT2D eigenvalue weighted by molar-refractivity contribution is 7.90. The highest BCUT2D eigenvalue weighted by Crippen LogP contribution is 2.26. The average molecular weight is 381 g/mol. The number of hydrogen-bond acceptors (Lipinski definition) is 4. The van der Waals surface area contributed by atoms with E-state index in [4.69, 9.17) is 4.74 Å². The van der Waals surface area contributed by atoms with E-state index in [1.165, 1.54) is 6.07 Å². The number of benzene rings is 3. The summed E-state index contributed by atoms with van der Waals surface area (Å²) in [6.45, 7) is 0.0890. The van der Waals surface area contributed by atoms with Gasteiger partial charge in [0.25, 0.3) is 10.0 Å². The zero-order chi connectivity index (χ0) is 19.1. The standard InChI is InChI=1S/C21H19NO4S/c23-21(26-16-15-17-9-3-1-4-10-17)22-27(24,25)20-14-8-7-13-19(20)18-11-5-2-6-12-18/h1-14H,15-16H2,(H,22,23). The van der Waals surface area contributed by atoms with E-state index >= 15 is 0 Å². The molecule has 1 amide bonds. The molecule has 1 N–H and O–H groups in total. The predicted octanol–water partition coefficient (Wildman–Crippen LogP) is 4.01. The fraction of sp³-hybridized carbons (Fsp3) is 0.0952. The van der Waals surface area contributed by atoms with Crippen molar-refractivity contribution in [1.29, 1.82) is 0 Å². The maximum Gasteiger partial charge on any atom is 0.421 e. The lowest BCUT2D eigenvalue weighted by Gasteiger charge is -2.12. The smallest absolute Gasteiger partial charge is 0.421 e. The van der Waals surface area contributed by atoms with Crippen LogP contribution < -0.4 is 4.72 Å². The summed E-state index contributed by atoms with van der Waals surface area (Å²) in [6, 6.07) is 25.1. The first-order valence-corrected chi connectivity index (χ1v) is 9.92. The Labute approximate surface area is 158 Å². The predicted molar refractivity (Wildman–Crippen MR) is 104 cm³/mol. The van der Waals surface area contributed by atoms with Gasteiger partial charge in [0, 0.05) is 12.0 Å². The molecule has 3 rings (SSSR count). The number of nitrogens with one attached hydrogen (secondary N) is 1. The molecule has 3 aromatic carbocycles. The van der Waals surface area contributed by atoms with Crippen LogP contribution in [0.25, 0.3) is 11.1 Å². The van der Waals surface area contributed by atoms with Crippen LogP contribution in [0.2, 0.25) is 0 Å². The van der Waals surface area contributed by atoms with E-state index in [1.54, 1.807) is 18.2 Å². The molecule has 138 valence electrons. The Morgan fingerprint density at radius 1 is 0.815 bits per heavy atom. The third-order valence-electron chi connectivity index (χ3n) is 3.95. The third kappa shape index (κ3) is 4.95. The van der Waals surface area contributed by atoms with Crippen molar-refractivity contribution in [1.82, 2.24) is 4.72 Å². The summed E-state index contributed by atoms with van der Waals surface area (Å²) in [7, 11) is -4.06. The molecule has 0 saturated carbocycles. The Hall–Kier alpha value is -3.12. The van der Waals surface area contributed by atoms with Crippen LogP contribution in [-0.4, -0.2) is 21.1 Å². The van der Waals surface area contributed by atoms with Gasteiger partial charge in [-0.05, 0) is 17.2 Å². The van der Waals surface area contributed by atoms with Gasteiger partial charge in [0.2, 0.25) is 0 Å². The lowest BCUT2D eigenvalue weighted by atomic mass is 10.1. The van der Waals surface area contributed by atoms with Crippen molar-refractivity contribution in [2.75, 3.05) is 6.61 Å². The highest BCUT2D eigenvalue weighted by Gasteiger charge is 2.22. The fourth-order valence-electron chi connectivity index (χ4n) is 2.66. The molecule has 0 aromatic heterocycles. The maximum absolute atomic E-state index is 12.7. The SMILES string of the molecule is O=C(NS(=O)(=O)c1ccccc1-c1ccccc1)OCCc1ccccc1. The van der Waals surface area contributed by atoms with Gasteiger partial charge in [0.1, 0.15) is 0 Å². The van der Waals surface area contributed by atoms with Crippen molar-refractivity contribution >= 4 is 16.1 Å². The number of carbonyl (C=O) groups excluding carboxylic acids is 1. The third-order valence-corrected chi connectivity index (χ3v) is 5.32. The van der Waals surface area contributed by atoms with Gasteiger partial charge in [0.05, 0.1) is 11.5 Å². The van der Waals surface area contributed by atoms with Crippen molar-refractivity contribution in [3.8, 4) is 11.1 Å². The second-order valence-corrected chi connectivity index (χ2v) is 7.49. The van der Waals surface area contributed by atoms with E-state index in [0.717, 1.165) is 11.1 Å². The summed E-state index contributed by atoms with van der Waals surface area (Å²) in [5.74, 6) is 0. The molecule has 3 aromatic rings. The van der Waals surface area contributed by atoms with Crippen LogP contribution in [0.4, 0.5) is 4.79 Å². The van der Waals surface area contributed by atoms with Crippen molar-refractivity contribution in [3.05, 3.63) is 90.5 Å². The Morgan fingerprint density at radius 2 is 1.41 bits per heavy atom. The summed E-state index contributed by atoms with van der Waals surface area (Å²) >= 11 is 0. The van der Waals surface area contributed by atoms with Crippen LogP contribution in [0.5, 0.6) is 0 Å². The first-order chi connectivity index (χ1) is 13.1. The summed E-state index contributed by atoms with van der Waals surface area (Å²) in [5.41, 5.74) is 2.26. The number of sulfonamides is 1. The topological polar surface area (TPSA) is 72.5 Å². The van der Waals surface area contributed by atoms with Gasteiger partial charge in [-0.25, -0.2) is 17.9 Å². The highest BCUT2D eigenvalue weighted by atomic mass is 32.2. The molecule has 0 radical (unpaired) electrons. The first kappa shape index (κ1) is 18.7. The van der Waals surface area contributed by atoms with E-state index in [9.17, 15) is 13.2 Å². The largest absolute Gasteiger partial charge is 0.448 e. The second kappa shape index (κ2) is 8.51. The summed E-state index contributed by atoms with van der Waals surface area (Å²) in [6.07, 6.45) is -0.483. The van der Waals surface area contributed by atoms with Gasteiger partial charge in [-0.3, -0.25) is 0 Å². The van der Waals surface area contributed by atoms with E-state index in [-0.39, 0.29) is 11.5 Å². The number of rotatable bonds is 6. The van der Waals surface area contributed by atoms with Crippen molar-refractivity contribution in [2.45, 2.75) is 11.3 Å². The maximum atomic E-state index is 12.7. The molecule has 0 aliphatic rings. The van der Waals surface area contributed by atoms with E-state index in [2.05, 4.69) is 0 Å². The lowest BCUT2D eigenvalue weighted by molar-refractivity contribution is 0.154. The fourth-order valence-corrected chi connectivity index (χ4v) is 3.78. The minimum absolute atomic E-state index is 0.0243. The van der Waals surface area contributed by atoms with Crippen molar-refractivity contribution < 1.29 is 17.9 Å². The molecule has 0 saturated heterocycles. The summed E-state index contributed by atoms with van der Waals surface area (Å²) < 4.78 is 32.3. The monoisotopic (exact) mass is 381 g/mol. The Bertz CT molecular complexity index is 1000. The molecule has 0 atom stereocenters. The van der Waals surface area contributed by atoms with Crippen LogP contribution in [0.15, 0.2) is 89.8 Å².